The van der Waals surface area contributed by atoms with E-state index in [2.05, 4.69) is 10.3 Å². The minimum absolute atomic E-state index is 0.0111. The van der Waals surface area contributed by atoms with Crippen LogP contribution in [-0.4, -0.2) is 51.1 Å². The minimum atomic E-state index is -1.07. The van der Waals surface area contributed by atoms with Crippen molar-refractivity contribution < 1.29 is 14.7 Å². The van der Waals surface area contributed by atoms with Crippen LogP contribution in [0.1, 0.15) is 16.9 Å². The third kappa shape index (κ3) is 5.31. The van der Waals surface area contributed by atoms with Crippen LogP contribution in [0.5, 0.6) is 0 Å². The molecule has 0 fully saturated rings. The molecule has 1 aromatic heterocycles. The van der Waals surface area contributed by atoms with Crippen LogP contribution in [0.25, 0.3) is 0 Å². The highest BCUT2D eigenvalue weighted by Gasteiger charge is 2.12. The van der Waals surface area contributed by atoms with Gasteiger partial charge in [-0.25, -0.2) is 9.78 Å². The number of carbonyl (C=O) groups is 2. The number of nitrogens with two attached hydrogens (primary N) is 1. The van der Waals surface area contributed by atoms with E-state index in [1.807, 2.05) is 6.26 Å². The van der Waals surface area contributed by atoms with Crippen LogP contribution in [0.4, 0.5) is 0 Å². The maximum Gasteiger partial charge on any atom is 0.356 e. The molecule has 7 nitrogen and oxygen atoms in total. The van der Waals surface area contributed by atoms with Gasteiger partial charge < -0.3 is 20.7 Å². The summed E-state index contributed by atoms with van der Waals surface area (Å²) in [5.41, 5.74) is 5.69. The number of thioether (sulfide) groups is 1. The van der Waals surface area contributed by atoms with Crippen molar-refractivity contribution in [3.63, 3.8) is 0 Å². The molecule has 0 aliphatic heterocycles. The molecule has 0 unspecified atom stereocenters. The van der Waals surface area contributed by atoms with Crippen LogP contribution in [0.2, 0.25) is 0 Å². The molecule has 1 amide bonds. The van der Waals surface area contributed by atoms with E-state index < -0.39 is 12.0 Å². The van der Waals surface area contributed by atoms with Gasteiger partial charge in [-0.05, 0) is 18.4 Å². The SMILES string of the molecule is CSCC[C@H](N)C(=O)NCCn1cnc(C(=O)O)c1. The lowest BCUT2D eigenvalue weighted by atomic mass is 10.2. The van der Waals surface area contributed by atoms with E-state index in [9.17, 15) is 9.59 Å². The zero-order valence-electron chi connectivity index (χ0n) is 10.7. The molecule has 0 aliphatic rings. The van der Waals surface area contributed by atoms with Gasteiger partial charge in [0.05, 0.1) is 12.4 Å². The Morgan fingerprint density at radius 2 is 2.37 bits per heavy atom. The molecule has 4 N–H and O–H groups in total. The number of aromatic carboxylic acids is 1. The first-order chi connectivity index (χ1) is 9.04. The summed E-state index contributed by atoms with van der Waals surface area (Å²) in [4.78, 5) is 25.9. The molecule has 1 aromatic rings. The highest BCUT2D eigenvalue weighted by Crippen LogP contribution is 1.99. The topological polar surface area (TPSA) is 110 Å². The average Bonchev–Trinajstić information content (AvgIpc) is 2.84. The lowest BCUT2D eigenvalue weighted by Gasteiger charge is -2.11. The van der Waals surface area contributed by atoms with Crippen molar-refractivity contribution in [2.45, 2.75) is 19.0 Å². The fourth-order valence-corrected chi connectivity index (χ4v) is 1.90. The maximum atomic E-state index is 11.6. The number of hydrogen-bond donors (Lipinski definition) is 3. The summed E-state index contributed by atoms with van der Waals surface area (Å²) in [5, 5.41) is 11.4. The molecular weight excluding hydrogens is 268 g/mol. The fourth-order valence-electron chi connectivity index (χ4n) is 1.41. The molecule has 1 rings (SSSR count). The number of carboxylic acid groups (broad SMARTS) is 1. The van der Waals surface area contributed by atoms with Gasteiger partial charge in [0.25, 0.3) is 0 Å². The third-order valence-electron chi connectivity index (χ3n) is 2.49. The number of nitrogens with one attached hydrogen (secondary N) is 1. The first kappa shape index (κ1) is 15.5. The molecule has 1 atom stereocenters. The summed E-state index contributed by atoms with van der Waals surface area (Å²) in [6.07, 6.45) is 5.44. The summed E-state index contributed by atoms with van der Waals surface area (Å²) < 4.78 is 1.61. The van der Waals surface area contributed by atoms with Crippen molar-refractivity contribution in [2.24, 2.45) is 5.73 Å². The summed E-state index contributed by atoms with van der Waals surface area (Å²) in [6, 6.07) is -0.496. The number of rotatable bonds is 8. The molecular formula is C11H18N4O3S. The highest BCUT2D eigenvalue weighted by atomic mass is 32.2. The van der Waals surface area contributed by atoms with Gasteiger partial charge in [0, 0.05) is 19.3 Å². The minimum Gasteiger partial charge on any atom is -0.476 e. The van der Waals surface area contributed by atoms with E-state index in [4.69, 9.17) is 10.8 Å². The van der Waals surface area contributed by atoms with E-state index >= 15 is 0 Å². The van der Waals surface area contributed by atoms with Crippen molar-refractivity contribution in [1.29, 1.82) is 0 Å². The molecule has 1 heterocycles. The largest absolute Gasteiger partial charge is 0.476 e. The number of nitrogens with zero attached hydrogens (tertiary/aromatic N) is 2. The summed E-state index contributed by atoms with van der Waals surface area (Å²) in [5.74, 6) is -0.410. The van der Waals surface area contributed by atoms with Gasteiger partial charge in [-0.1, -0.05) is 0 Å². The highest BCUT2D eigenvalue weighted by molar-refractivity contribution is 7.98. The summed E-state index contributed by atoms with van der Waals surface area (Å²) in [7, 11) is 0. The lowest BCUT2D eigenvalue weighted by Crippen LogP contribution is -2.42. The molecule has 0 radical (unpaired) electrons. The van der Waals surface area contributed by atoms with Gasteiger partial charge in [0.1, 0.15) is 0 Å². The summed E-state index contributed by atoms with van der Waals surface area (Å²) >= 11 is 1.65. The zero-order chi connectivity index (χ0) is 14.3. The Morgan fingerprint density at radius 3 is 2.95 bits per heavy atom. The van der Waals surface area contributed by atoms with Gasteiger partial charge in [0.15, 0.2) is 5.69 Å². The van der Waals surface area contributed by atoms with E-state index in [1.165, 1.54) is 12.5 Å². The average molecular weight is 286 g/mol. The molecule has 8 heteroatoms. The van der Waals surface area contributed by atoms with Crippen LogP contribution in [0.15, 0.2) is 12.5 Å². The standard InChI is InChI=1S/C11H18N4O3S/c1-19-5-2-8(12)10(16)13-3-4-15-6-9(11(17)18)14-7-15/h6-8H,2-5,12H2,1H3,(H,13,16)(H,17,18)/t8-/m0/s1. The summed E-state index contributed by atoms with van der Waals surface area (Å²) in [6.45, 7) is 0.850. The molecule has 0 aliphatic carbocycles. The van der Waals surface area contributed by atoms with Crippen molar-refractivity contribution in [3.8, 4) is 0 Å². The van der Waals surface area contributed by atoms with Gasteiger partial charge in [-0.3, -0.25) is 4.79 Å². The smallest absolute Gasteiger partial charge is 0.356 e. The number of imidazole rings is 1. The molecule has 0 aromatic carbocycles. The Bertz CT molecular complexity index is 435. The molecule has 0 spiro atoms. The lowest BCUT2D eigenvalue weighted by molar-refractivity contribution is -0.122. The molecule has 0 saturated carbocycles. The number of carboxylic acids is 1. The first-order valence-corrected chi connectivity index (χ1v) is 7.21. The Labute approximate surface area is 115 Å². The van der Waals surface area contributed by atoms with E-state index in [0.717, 1.165) is 5.75 Å². The second kappa shape index (κ2) is 7.80. The Hall–Kier alpha value is -1.54. The Morgan fingerprint density at radius 1 is 1.63 bits per heavy atom. The Balaban J connectivity index is 2.29. The van der Waals surface area contributed by atoms with E-state index in [-0.39, 0.29) is 11.6 Å². The van der Waals surface area contributed by atoms with Gasteiger partial charge in [-0.15, -0.1) is 0 Å². The second-order valence-electron chi connectivity index (χ2n) is 3.98. The molecule has 19 heavy (non-hydrogen) atoms. The van der Waals surface area contributed by atoms with Crippen LogP contribution < -0.4 is 11.1 Å². The van der Waals surface area contributed by atoms with Crippen molar-refractivity contribution >= 4 is 23.6 Å². The predicted octanol–water partition coefficient (Wildman–Crippen LogP) is -0.222. The number of amides is 1. The fraction of sp³-hybridized carbons (Fsp3) is 0.545. The van der Waals surface area contributed by atoms with Crippen LogP contribution in [0.3, 0.4) is 0 Å². The number of aromatic nitrogens is 2. The van der Waals surface area contributed by atoms with Crippen molar-refractivity contribution in [1.82, 2.24) is 14.9 Å². The maximum absolute atomic E-state index is 11.6. The van der Waals surface area contributed by atoms with E-state index in [0.29, 0.717) is 19.5 Å². The van der Waals surface area contributed by atoms with Crippen LogP contribution >= 0.6 is 11.8 Å². The third-order valence-corrected chi connectivity index (χ3v) is 3.14. The normalized spacial score (nSPS) is 12.1. The Kier molecular flexibility index (Phi) is 6.37. The van der Waals surface area contributed by atoms with Crippen molar-refractivity contribution in [2.75, 3.05) is 18.6 Å². The van der Waals surface area contributed by atoms with Gasteiger partial charge >= 0.3 is 5.97 Å². The molecule has 106 valence electrons. The quantitative estimate of drug-likeness (QED) is 0.609. The predicted molar refractivity (Wildman–Crippen MR) is 73.2 cm³/mol. The zero-order valence-corrected chi connectivity index (χ0v) is 11.5. The number of hydrogen-bond acceptors (Lipinski definition) is 5. The second-order valence-corrected chi connectivity index (χ2v) is 4.97. The molecule has 0 bridgehead atoms. The first-order valence-electron chi connectivity index (χ1n) is 5.82. The van der Waals surface area contributed by atoms with Crippen LogP contribution in [-0.2, 0) is 11.3 Å². The van der Waals surface area contributed by atoms with Gasteiger partial charge in [0.2, 0.25) is 5.91 Å². The molecule has 0 saturated heterocycles. The number of carbonyl (C=O) groups excluding carboxylic acids is 1. The van der Waals surface area contributed by atoms with Crippen molar-refractivity contribution in [3.05, 3.63) is 18.2 Å². The monoisotopic (exact) mass is 286 g/mol. The van der Waals surface area contributed by atoms with Crippen LogP contribution in [0, 0.1) is 0 Å². The van der Waals surface area contributed by atoms with E-state index in [1.54, 1.807) is 16.3 Å². The van der Waals surface area contributed by atoms with Gasteiger partial charge in [-0.2, -0.15) is 11.8 Å².